The molecule has 0 aliphatic rings. The molecule has 5 nitrogen and oxygen atoms in total. The van der Waals surface area contributed by atoms with Crippen LogP contribution in [-0.2, 0) is 23.2 Å². The van der Waals surface area contributed by atoms with Gasteiger partial charge in [0, 0.05) is 17.6 Å². The van der Waals surface area contributed by atoms with Gasteiger partial charge in [-0.25, -0.2) is 8.42 Å². The first-order valence-corrected chi connectivity index (χ1v) is 8.85. The normalized spacial score (nSPS) is 12.0. The minimum atomic E-state index is -3.56. The van der Waals surface area contributed by atoms with E-state index in [2.05, 4.69) is 4.98 Å². The van der Waals surface area contributed by atoms with Gasteiger partial charge in [0.05, 0.1) is 18.8 Å². The molecule has 21 heavy (non-hydrogen) atoms. The number of hydrogen-bond acceptors (Lipinski definition) is 5. The summed E-state index contributed by atoms with van der Waals surface area (Å²) in [5.74, 6) is 0. The number of sulfonamides is 1. The van der Waals surface area contributed by atoms with Gasteiger partial charge in [-0.15, -0.1) is 11.3 Å². The first-order valence-electron chi connectivity index (χ1n) is 6.59. The summed E-state index contributed by atoms with van der Waals surface area (Å²) in [5.41, 5.74) is 1.51. The van der Waals surface area contributed by atoms with Crippen LogP contribution in [-0.4, -0.2) is 29.4 Å². The first-order chi connectivity index (χ1) is 9.98. The van der Waals surface area contributed by atoms with Crippen LogP contribution in [0.4, 0.5) is 0 Å². The molecule has 0 spiro atoms. The van der Waals surface area contributed by atoms with Crippen LogP contribution in [0.25, 0.3) is 0 Å². The Morgan fingerprint density at radius 2 is 2.14 bits per heavy atom. The summed E-state index contributed by atoms with van der Waals surface area (Å²) >= 11 is 1.12. The Labute approximate surface area is 128 Å². The van der Waals surface area contributed by atoms with E-state index in [1.54, 1.807) is 38.2 Å². The quantitative estimate of drug-likeness (QED) is 0.883. The van der Waals surface area contributed by atoms with Crippen LogP contribution in [0.3, 0.4) is 0 Å². The lowest BCUT2D eigenvalue weighted by Gasteiger charge is -2.19. The maximum atomic E-state index is 12.7. The van der Waals surface area contributed by atoms with Crippen LogP contribution >= 0.6 is 11.3 Å². The standard InChI is InChI=1S/C14H18N2O3S2/c1-3-16(9-12-6-4-5-7-15-12)21(18,19)14-8-11(2)13(10-17)20-14/h4-8,17H,3,9-10H2,1-2H3. The third-order valence-electron chi connectivity index (χ3n) is 3.15. The summed E-state index contributed by atoms with van der Waals surface area (Å²) in [6.45, 7) is 4.07. The van der Waals surface area contributed by atoms with Crippen molar-refractivity contribution in [2.45, 2.75) is 31.2 Å². The molecule has 2 aromatic heterocycles. The maximum Gasteiger partial charge on any atom is 0.252 e. The van der Waals surface area contributed by atoms with E-state index in [0.29, 0.717) is 17.1 Å². The lowest BCUT2D eigenvalue weighted by molar-refractivity contribution is 0.285. The van der Waals surface area contributed by atoms with Crippen molar-refractivity contribution in [3.8, 4) is 0 Å². The van der Waals surface area contributed by atoms with E-state index in [9.17, 15) is 13.5 Å². The fourth-order valence-corrected chi connectivity index (χ4v) is 4.96. The molecule has 0 fully saturated rings. The largest absolute Gasteiger partial charge is 0.391 e. The number of hydrogen-bond donors (Lipinski definition) is 1. The molecule has 0 saturated carbocycles. The zero-order valence-electron chi connectivity index (χ0n) is 12.0. The van der Waals surface area contributed by atoms with Gasteiger partial charge in [0.1, 0.15) is 4.21 Å². The predicted molar refractivity (Wildman–Crippen MR) is 82.5 cm³/mol. The number of aliphatic hydroxyl groups excluding tert-OH is 1. The summed E-state index contributed by atoms with van der Waals surface area (Å²) in [6.07, 6.45) is 1.65. The molecule has 0 atom stereocenters. The van der Waals surface area contributed by atoms with Crippen molar-refractivity contribution in [1.82, 2.24) is 9.29 Å². The molecule has 114 valence electrons. The first kappa shape index (κ1) is 16.1. The lowest BCUT2D eigenvalue weighted by Crippen LogP contribution is -2.30. The van der Waals surface area contributed by atoms with Gasteiger partial charge in [-0.2, -0.15) is 4.31 Å². The Hall–Kier alpha value is -1.28. The molecule has 0 aromatic carbocycles. The molecule has 1 N–H and O–H groups in total. The van der Waals surface area contributed by atoms with Gasteiger partial charge in [0.2, 0.25) is 0 Å². The number of thiophene rings is 1. The van der Waals surface area contributed by atoms with Gasteiger partial charge in [-0.1, -0.05) is 13.0 Å². The van der Waals surface area contributed by atoms with Gasteiger partial charge in [-0.05, 0) is 30.7 Å². The van der Waals surface area contributed by atoms with Crippen LogP contribution in [0.5, 0.6) is 0 Å². The molecule has 7 heteroatoms. The number of rotatable bonds is 6. The van der Waals surface area contributed by atoms with Crippen molar-refractivity contribution in [2.24, 2.45) is 0 Å². The second-order valence-electron chi connectivity index (χ2n) is 4.58. The van der Waals surface area contributed by atoms with Gasteiger partial charge < -0.3 is 5.11 Å². The van der Waals surface area contributed by atoms with Gasteiger partial charge in [-0.3, -0.25) is 4.98 Å². The number of nitrogens with zero attached hydrogens (tertiary/aromatic N) is 2. The highest BCUT2D eigenvalue weighted by Gasteiger charge is 2.26. The summed E-state index contributed by atoms with van der Waals surface area (Å²) in [4.78, 5) is 4.85. The van der Waals surface area contributed by atoms with Crippen molar-refractivity contribution >= 4 is 21.4 Å². The molecule has 2 rings (SSSR count). The summed E-state index contributed by atoms with van der Waals surface area (Å²) in [5, 5.41) is 9.22. The average Bonchev–Trinajstić information content (AvgIpc) is 2.87. The molecular weight excluding hydrogens is 308 g/mol. The predicted octanol–water partition coefficient (Wildman–Crippen LogP) is 2.15. The molecule has 0 radical (unpaired) electrons. The Bertz CT molecular complexity index is 696. The van der Waals surface area contributed by atoms with Crippen LogP contribution < -0.4 is 0 Å². The summed E-state index contributed by atoms with van der Waals surface area (Å²) < 4.78 is 27.0. The molecule has 0 unspecified atom stereocenters. The second kappa shape index (κ2) is 6.65. The fourth-order valence-electron chi connectivity index (χ4n) is 1.94. The summed E-state index contributed by atoms with van der Waals surface area (Å²) in [7, 11) is -3.56. The topological polar surface area (TPSA) is 70.5 Å². The number of aryl methyl sites for hydroxylation is 1. The molecule has 0 amide bonds. The van der Waals surface area contributed by atoms with Crippen LogP contribution in [0.1, 0.15) is 23.1 Å². The van der Waals surface area contributed by atoms with Crippen molar-refractivity contribution in [1.29, 1.82) is 0 Å². The Balaban J connectivity index is 2.31. The molecule has 0 aliphatic heterocycles. The van der Waals surface area contributed by atoms with Crippen molar-refractivity contribution < 1.29 is 13.5 Å². The SMILES string of the molecule is CCN(Cc1ccccn1)S(=O)(=O)c1cc(C)c(CO)s1. The molecule has 2 aromatic rings. The Morgan fingerprint density at radius 1 is 1.38 bits per heavy atom. The van der Waals surface area contributed by atoms with Crippen LogP contribution in [0, 0.1) is 6.92 Å². The Morgan fingerprint density at radius 3 is 2.67 bits per heavy atom. The van der Waals surface area contributed by atoms with Crippen molar-refractivity contribution in [2.75, 3.05) is 6.54 Å². The average molecular weight is 326 g/mol. The zero-order valence-corrected chi connectivity index (χ0v) is 13.6. The van der Waals surface area contributed by atoms with E-state index >= 15 is 0 Å². The van der Waals surface area contributed by atoms with E-state index in [4.69, 9.17) is 0 Å². The van der Waals surface area contributed by atoms with E-state index in [1.165, 1.54) is 4.31 Å². The molecule has 2 heterocycles. The highest BCUT2D eigenvalue weighted by Crippen LogP contribution is 2.29. The van der Waals surface area contributed by atoms with E-state index in [1.807, 2.05) is 6.07 Å². The van der Waals surface area contributed by atoms with Gasteiger partial charge >= 0.3 is 0 Å². The van der Waals surface area contributed by atoms with E-state index in [0.717, 1.165) is 16.9 Å². The van der Waals surface area contributed by atoms with Gasteiger partial charge in [0.15, 0.2) is 0 Å². The number of pyridine rings is 1. The van der Waals surface area contributed by atoms with Crippen LogP contribution in [0.15, 0.2) is 34.7 Å². The van der Waals surface area contributed by atoms with E-state index < -0.39 is 10.0 Å². The zero-order chi connectivity index (χ0) is 15.5. The minimum absolute atomic E-state index is 0.140. The van der Waals surface area contributed by atoms with E-state index in [-0.39, 0.29) is 17.4 Å². The molecule has 0 aliphatic carbocycles. The third kappa shape index (κ3) is 3.49. The fraction of sp³-hybridized carbons (Fsp3) is 0.357. The second-order valence-corrected chi connectivity index (χ2v) is 7.88. The molecule has 0 bridgehead atoms. The van der Waals surface area contributed by atoms with Crippen LogP contribution in [0.2, 0.25) is 0 Å². The van der Waals surface area contributed by atoms with Crippen molar-refractivity contribution in [3.63, 3.8) is 0 Å². The maximum absolute atomic E-state index is 12.7. The summed E-state index contributed by atoms with van der Waals surface area (Å²) in [6, 6.07) is 7.05. The monoisotopic (exact) mass is 326 g/mol. The van der Waals surface area contributed by atoms with Gasteiger partial charge in [0.25, 0.3) is 10.0 Å². The molecule has 0 saturated heterocycles. The highest BCUT2D eigenvalue weighted by molar-refractivity contribution is 7.91. The van der Waals surface area contributed by atoms with Crippen molar-refractivity contribution in [3.05, 3.63) is 46.6 Å². The third-order valence-corrected chi connectivity index (χ3v) is 6.74. The Kier molecular flexibility index (Phi) is 5.10. The lowest BCUT2D eigenvalue weighted by atomic mass is 10.3. The highest BCUT2D eigenvalue weighted by atomic mass is 32.2. The molecular formula is C14H18N2O3S2. The smallest absolute Gasteiger partial charge is 0.252 e. The minimum Gasteiger partial charge on any atom is -0.391 e. The number of aromatic nitrogens is 1. The number of aliphatic hydroxyl groups is 1.